The average Bonchev–Trinajstić information content (AvgIpc) is 3.73. The first-order valence-corrected chi connectivity index (χ1v) is 18.3. The van der Waals surface area contributed by atoms with Crippen molar-refractivity contribution in [3.05, 3.63) is 199 Å². The van der Waals surface area contributed by atoms with Crippen LogP contribution >= 0.6 is 0 Å². The van der Waals surface area contributed by atoms with Gasteiger partial charge in [-0.05, 0) is 64.0 Å². The van der Waals surface area contributed by atoms with Crippen LogP contribution in [0.25, 0.3) is 61.1 Å². The van der Waals surface area contributed by atoms with E-state index >= 15 is 0 Å². The Morgan fingerprint density at radius 3 is 1.81 bits per heavy atom. The zero-order valence-corrected chi connectivity index (χ0v) is 29.7. The van der Waals surface area contributed by atoms with Gasteiger partial charge in [0.1, 0.15) is 5.69 Å². The zero-order chi connectivity index (χ0) is 35.5. The molecule has 1 aliphatic rings. The van der Waals surface area contributed by atoms with Crippen molar-refractivity contribution >= 4 is 33.4 Å². The van der Waals surface area contributed by atoms with E-state index in [0.717, 1.165) is 61.3 Å². The Morgan fingerprint density at radius 2 is 1.09 bits per heavy atom. The first-order valence-electron chi connectivity index (χ1n) is 18.3. The van der Waals surface area contributed by atoms with Crippen molar-refractivity contribution in [1.82, 2.24) is 9.61 Å². The van der Waals surface area contributed by atoms with Crippen LogP contribution in [0.3, 0.4) is 0 Å². The van der Waals surface area contributed by atoms with Crippen molar-refractivity contribution in [3.63, 3.8) is 0 Å². The monoisotopic (exact) mass is 679 g/mol. The maximum Gasteiger partial charge on any atom is 0.101 e. The van der Waals surface area contributed by atoms with E-state index in [2.05, 4.69) is 211 Å². The van der Waals surface area contributed by atoms with Crippen LogP contribution in [0.1, 0.15) is 25.0 Å². The summed E-state index contributed by atoms with van der Waals surface area (Å²) in [5.41, 5.74) is 16.2. The average molecular weight is 680 g/mol. The van der Waals surface area contributed by atoms with Crippen LogP contribution in [0, 0.1) is 0 Å². The topological polar surface area (TPSA) is 20.5 Å². The molecule has 3 nitrogen and oxygen atoms in total. The summed E-state index contributed by atoms with van der Waals surface area (Å²) in [6.45, 7) is 4.70. The quantitative estimate of drug-likeness (QED) is 0.174. The summed E-state index contributed by atoms with van der Waals surface area (Å²) >= 11 is 0. The van der Waals surface area contributed by atoms with E-state index in [4.69, 9.17) is 5.10 Å². The molecule has 3 heteroatoms. The Kier molecular flexibility index (Phi) is 7.16. The molecule has 53 heavy (non-hydrogen) atoms. The third kappa shape index (κ3) is 4.92. The summed E-state index contributed by atoms with van der Waals surface area (Å²) in [5, 5.41) is 7.77. The number of fused-ring (bicyclic) bond motifs is 6. The lowest BCUT2D eigenvalue weighted by Gasteiger charge is -2.29. The van der Waals surface area contributed by atoms with E-state index in [1.165, 1.54) is 27.9 Å². The van der Waals surface area contributed by atoms with Crippen LogP contribution in [0.4, 0.5) is 17.1 Å². The molecule has 0 radical (unpaired) electrons. The highest BCUT2D eigenvalue weighted by molar-refractivity contribution is 6.10. The Morgan fingerprint density at radius 1 is 0.491 bits per heavy atom. The maximum atomic E-state index is 5.47. The second kappa shape index (κ2) is 12.2. The number of nitrogens with zero attached hydrogens (tertiary/aromatic N) is 3. The van der Waals surface area contributed by atoms with Gasteiger partial charge in [0.2, 0.25) is 0 Å². The molecule has 9 aromatic rings. The number of hydrogen-bond acceptors (Lipinski definition) is 2. The highest BCUT2D eigenvalue weighted by Crippen LogP contribution is 2.54. The summed E-state index contributed by atoms with van der Waals surface area (Å²) in [6, 6.07) is 67.7. The molecule has 2 aromatic heterocycles. The van der Waals surface area contributed by atoms with Gasteiger partial charge in [0.05, 0.1) is 16.9 Å². The molecule has 0 atom stereocenters. The lowest BCUT2D eigenvalue weighted by molar-refractivity contribution is 0.660. The number of para-hydroxylation sites is 1. The fraction of sp³-hybridized carbons (Fsp3) is 0.0600. The Hall–Kier alpha value is -6.71. The molecule has 1 aliphatic carbocycles. The molecule has 0 amide bonds. The molecule has 0 fully saturated rings. The second-order valence-electron chi connectivity index (χ2n) is 14.4. The number of hydrogen-bond donors (Lipinski definition) is 0. The lowest BCUT2D eigenvalue weighted by atomic mass is 9.82. The Balaban J connectivity index is 1.31. The summed E-state index contributed by atoms with van der Waals surface area (Å²) in [6.07, 6.45) is 0. The molecule has 252 valence electrons. The van der Waals surface area contributed by atoms with Crippen molar-refractivity contribution in [3.8, 4) is 44.8 Å². The summed E-state index contributed by atoms with van der Waals surface area (Å²) in [4.78, 5) is 2.44. The van der Waals surface area contributed by atoms with Crippen molar-refractivity contribution in [2.24, 2.45) is 0 Å². The van der Waals surface area contributed by atoms with Crippen LogP contribution in [-0.2, 0) is 5.41 Å². The second-order valence-corrected chi connectivity index (χ2v) is 14.4. The van der Waals surface area contributed by atoms with Crippen molar-refractivity contribution in [2.45, 2.75) is 19.3 Å². The summed E-state index contributed by atoms with van der Waals surface area (Å²) < 4.78 is 2.18. The molecule has 0 N–H and O–H groups in total. The summed E-state index contributed by atoms with van der Waals surface area (Å²) in [7, 11) is 0. The molecular formula is C50H37N3. The van der Waals surface area contributed by atoms with Gasteiger partial charge in [-0.25, -0.2) is 4.52 Å². The summed E-state index contributed by atoms with van der Waals surface area (Å²) in [5.74, 6) is 0. The van der Waals surface area contributed by atoms with Crippen LogP contribution < -0.4 is 4.90 Å². The molecule has 0 spiro atoms. The molecule has 2 heterocycles. The molecule has 0 aliphatic heterocycles. The highest BCUT2D eigenvalue weighted by atomic mass is 15.2. The SMILES string of the molecule is CC1(C)c2ccccc2-c2c(N(c3ccccc3)c3ccc4cc(-c5ccccc5)n5nc(-c6ccccc6)c(-c6ccccc6)c5c4c3)cccc21. The van der Waals surface area contributed by atoms with Gasteiger partial charge in [-0.3, -0.25) is 0 Å². The van der Waals surface area contributed by atoms with Crippen molar-refractivity contribution in [1.29, 1.82) is 0 Å². The Bertz CT molecular complexity index is 2780. The first kappa shape index (κ1) is 31.1. The smallest absolute Gasteiger partial charge is 0.101 e. The van der Waals surface area contributed by atoms with Crippen LogP contribution in [0.15, 0.2) is 188 Å². The minimum atomic E-state index is -0.107. The van der Waals surface area contributed by atoms with Gasteiger partial charge in [0.25, 0.3) is 0 Å². The number of anilines is 3. The number of benzene rings is 7. The van der Waals surface area contributed by atoms with E-state index < -0.39 is 0 Å². The van der Waals surface area contributed by atoms with E-state index in [0.29, 0.717) is 0 Å². The van der Waals surface area contributed by atoms with E-state index in [-0.39, 0.29) is 5.41 Å². The minimum Gasteiger partial charge on any atom is -0.310 e. The fourth-order valence-corrected chi connectivity index (χ4v) is 8.48. The molecule has 7 aromatic carbocycles. The van der Waals surface area contributed by atoms with Gasteiger partial charge in [-0.1, -0.05) is 166 Å². The molecule has 0 saturated carbocycles. The van der Waals surface area contributed by atoms with E-state index in [1.807, 2.05) is 0 Å². The first-order chi connectivity index (χ1) is 26.1. The molecule has 0 unspecified atom stereocenters. The van der Waals surface area contributed by atoms with E-state index in [9.17, 15) is 0 Å². The van der Waals surface area contributed by atoms with Gasteiger partial charge in [0, 0.05) is 44.4 Å². The largest absolute Gasteiger partial charge is 0.310 e. The van der Waals surface area contributed by atoms with Crippen LogP contribution in [0.5, 0.6) is 0 Å². The molecule has 0 bridgehead atoms. The van der Waals surface area contributed by atoms with Crippen molar-refractivity contribution < 1.29 is 0 Å². The number of pyridine rings is 1. The molecule has 0 saturated heterocycles. The van der Waals surface area contributed by atoms with Crippen molar-refractivity contribution in [2.75, 3.05) is 4.90 Å². The highest BCUT2D eigenvalue weighted by Gasteiger charge is 2.37. The zero-order valence-electron chi connectivity index (χ0n) is 29.7. The third-order valence-corrected chi connectivity index (χ3v) is 11.0. The number of rotatable bonds is 6. The molecule has 10 rings (SSSR count). The van der Waals surface area contributed by atoms with Gasteiger partial charge in [-0.2, -0.15) is 5.10 Å². The Labute approximate surface area is 310 Å². The number of aromatic nitrogens is 2. The van der Waals surface area contributed by atoms with Crippen LogP contribution in [-0.4, -0.2) is 9.61 Å². The fourth-order valence-electron chi connectivity index (χ4n) is 8.48. The third-order valence-electron chi connectivity index (χ3n) is 11.0. The van der Waals surface area contributed by atoms with E-state index in [1.54, 1.807) is 0 Å². The normalized spacial score (nSPS) is 12.9. The predicted molar refractivity (Wildman–Crippen MR) is 221 cm³/mol. The van der Waals surface area contributed by atoms with Crippen LogP contribution in [0.2, 0.25) is 0 Å². The van der Waals surface area contributed by atoms with Gasteiger partial charge in [0.15, 0.2) is 0 Å². The predicted octanol–water partition coefficient (Wildman–Crippen LogP) is 13.3. The lowest BCUT2D eigenvalue weighted by Crippen LogP contribution is -2.16. The molecular weight excluding hydrogens is 643 g/mol. The van der Waals surface area contributed by atoms with Gasteiger partial charge in [-0.15, -0.1) is 0 Å². The minimum absolute atomic E-state index is 0.107. The standard InChI is InChI=1S/C50H37N3/c1-50(2)42-27-16-15-26-40(42)47-43(50)28-17-29-44(47)52(38-24-13-6-14-25-38)39-31-30-37-32-45(34-18-7-3-8-19-34)53-49(41(37)33-39)46(35-20-9-4-10-21-35)48(51-53)36-22-11-5-12-23-36/h3-33H,1-2H3. The van der Waals surface area contributed by atoms with Gasteiger partial charge < -0.3 is 4.90 Å². The maximum absolute atomic E-state index is 5.47. The van der Waals surface area contributed by atoms with Gasteiger partial charge >= 0.3 is 0 Å².